The number of carbonyl (C=O) groups excluding carboxylic acids is 2. The van der Waals surface area contributed by atoms with E-state index in [0.29, 0.717) is 36.8 Å². The van der Waals surface area contributed by atoms with Gasteiger partial charge in [-0.1, -0.05) is 97.1 Å². The molecule has 2 aromatic heterocycles. The summed E-state index contributed by atoms with van der Waals surface area (Å²) in [4.78, 5) is 23.3. The van der Waals surface area contributed by atoms with Crippen LogP contribution in [0.15, 0.2) is 134 Å². The van der Waals surface area contributed by atoms with Crippen LogP contribution < -0.4 is 9.47 Å². The Balaban J connectivity index is 0.000000179. The average molecular weight is 601 g/mol. The molecule has 6 rings (SSSR count). The van der Waals surface area contributed by atoms with Gasteiger partial charge in [0.15, 0.2) is 6.29 Å². The number of benzene rings is 4. The molecule has 0 aliphatic carbocycles. The lowest BCUT2D eigenvalue weighted by molar-refractivity contribution is 0.0521. The molecule has 9 heteroatoms. The van der Waals surface area contributed by atoms with Gasteiger partial charge in [0.2, 0.25) is 11.8 Å². The van der Waals surface area contributed by atoms with E-state index in [4.69, 9.17) is 14.2 Å². The van der Waals surface area contributed by atoms with Gasteiger partial charge in [0.1, 0.15) is 18.8 Å². The highest BCUT2D eigenvalue weighted by atomic mass is 16.5. The summed E-state index contributed by atoms with van der Waals surface area (Å²) in [6.07, 6.45) is 4.06. The third-order valence-electron chi connectivity index (χ3n) is 6.49. The molecule has 226 valence electrons. The van der Waals surface area contributed by atoms with Gasteiger partial charge in [-0.15, -0.1) is 10.2 Å². The van der Waals surface area contributed by atoms with Crippen LogP contribution in [0.2, 0.25) is 0 Å². The number of ether oxygens (including phenoxy) is 3. The predicted octanol–water partition coefficient (Wildman–Crippen LogP) is 6.89. The Morgan fingerprint density at radius 2 is 1.09 bits per heavy atom. The van der Waals surface area contributed by atoms with Gasteiger partial charge in [-0.25, -0.2) is 14.2 Å². The molecule has 9 nitrogen and oxygen atoms in total. The van der Waals surface area contributed by atoms with Crippen molar-refractivity contribution in [3.8, 4) is 23.1 Å². The van der Waals surface area contributed by atoms with Crippen molar-refractivity contribution in [2.45, 2.75) is 20.1 Å². The van der Waals surface area contributed by atoms with E-state index in [-0.39, 0.29) is 5.88 Å². The molecule has 0 aliphatic heterocycles. The Bertz CT molecular complexity index is 1790. The van der Waals surface area contributed by atoms with Gasteiger partial charge in [-0.05, 0) is 42.3 Å². The van der Waals surface area contributed by atoms with Gasteiger partial charge < -0.3 is 14.2 Å². The highest BCUT2D eigenvalue weighted by Gasteiger charge is 2.20. The number of esters is 1. The number of rotatable bonds is 11. The number of aromatic nitrogens is 4. The maximum atomic E-state index is 12.2. The molecule has 0 bridgehead atoms. The van der Waals surface area contributed by atoms with Gasteiger partial charge in [-0.2, -0.15) is 0 Å². The van der Waals surface area contributed by atoms with Crippen LogP contribution in [0, 0.1) is 0 Å². The van der Waals surface area contributed by atoms with Crippen LogP contribution in [-0.2, 0) is 18.0 Å². The number of aldehydes is 1. The molecule has 0 amide bonds. The van der Waals surface area contributed by atoms with Gasteiger partial charge in [0.05, 0.1) is 23.5 Å². The van der Waals surface area contributed by atoms with Crippen molar-refractivity contribution >= 4 is 12.3 Å². The van der Waals surface area contributed by atoms with E-state index in [1.807, 2.05) is 121 Å². The first-order valence-electron chi connectivity index (χ1n) is 14.4. The zero-order chi connectivity index (χ0) is 31.3. The molecule has 0 aliphatic rings. The molecule has 0 saturated heterocycles. The van der Waals surface area contributed by atoms with Gasteiger partial charge in [-0.3, -0.25) is 4.79 Å². The summed E-state index contributed by atoms with van der Waals surface area (Å²) in [5.74, 6) is 0.168. The molecule has 0 unspecified atom stereocenters. The third-order valence-corrected chi connectivity index (χ3v) is 6.49. The van der Waals surface area contributed by atoms with E-state index in [1.54, 1.807) is 28.7 Å². The van der Waals surface area contributed by atoms with E-state index in [0.717, 1.165) is 28.8 Å². The molecule has 0 spiro atoms. The zero-order valence-corrected chi connectivity index (χ0v) is 24.7. The Morgan fingerprint density at radius 1 is 0.644 bits per heavy atom. The van der Waals surface area contributed by atoms with E-state index in [2.05, 4.69) is 10.2 Å². The molecule has 0 saturated carbocycles. The summed E-state index contributed by atoms with van der Waals surface area (Å²) < 4.78 is 19.8. The molecule has 4 aromatic carbocycles. The molecule has 45 heavy (non-hydrogen) atoms. The Kier molecular flexibility index (Phi) is 10.5. The molecule has 0 N–H and O–H groups in total. The van der Waals surface area contributed by atoms with Crippen molar-refractivity contribution < 1.29 is 23.8 Å². The fourth-order valence-corrected chi connectivity index (χ4v) is 4.26. The lowest BCUT2D eigenvalue weighted by Crippen LogP contribution is -2.06. The van der Waals surface area contributed by atoms with Crippen LogP contribution in [0.3, 0.4) is 0 Å². The third kappa shape index (κ3) is 8.32. The fraction of sp³-hybridized carbons (Fsp3) is 0.111. The molecule has 0 radical (unpaired) electrons. The van der Waals surface area contributed by atoms with Gasteiger partial charge in [0.25, 0.3) is 0 Å². The molecule has 2 heterocycles. The van der Waals surface area contributed by atoms with Gasteiger partial charge in [0, 0.05) is 12.4 Å². The second kappa shape index (κ2) is 15.5. The van der Waals surface area contributed by atoms with Crippen LogP contribution in [0.4, 0.5) is 0 Å². The molecular weight excluding hydrogens is 568 g/mol. The Labute approximate surface area is 261 Å². The average Bonchev–Trinajstić information content (AvgIpc) is 3.73. The normalized spacial score (nSPS) is 10.3. The fourth-order valence-electron chi connectivity index (χ4n) is 4.26. The zero-order valence-electron chi connectivity index (χ0n) is 24.7. The van der Waals surface area contributed by atoms with E-state index in [1.165, 1.54) is 0 Å². The largest absolute Gasteiger partial charge is 0.471 e. The first-order chi connectivity index (χ1) is 22.1. The summed E-state index contributed by atoms with van der Waals surface area (Å²) in [5, 5.41) is 8.72. The maximum Gasteiger partial charge on any atom is 0.345 e. The predicted molar refractivity (Wildman–Crippen MR) is 170 cm³/mol. The quantitative estimate of drug-likeness (QED) is 0.118. The summed E-state index contributed by atoms with van der Waals surface area (Å²) in [6.45, 7) is 2.78. The second-order valence-corrected chi connectivity index (χ2v) is 9.68. The van der Waals surface area contributed by atoms with Crippen molar-refractivity contribution in [2.24, 2.45) is 0 Å². The minimum absolute atomic E-state index is 0.265. The first-order valence-corrected chi connectivity index (χ1v) is 14.4. The Morgan fingerprint density at radius 3 is 1.58 bits per heavy atom. The number of carbonyl (C=O) groups is 2. The van der Waals surface area contributed by atoms with Crippen LogP contribution in [0.25, 0.3) is 11.4 Å². The topological polar surface area (TPSA) is 97.5 Å². The highest BCUT2D eigenvalue weighted by molar-refractivity contribution is 5.91. The van der Waals surface area contributed by atoms with Crippen molar-refractivity contribution in [1.82, 2.24) is 19.6 Å². The SMILES string of the molecule is CCOC(=O)c1cn(-c2ccccc2)nc1OCc1ccccc1.O=Cc1cn(-c2ccccc2)nc1OCc1ccccc1. The minimum Gasteiger partial charge on any atom is -0.471 e. The first kappa shape index (κ1) is 30.5. The maximum absolute atomic E-state index is 12.2. The molecule has 0 fully saturated rings. The number of nitrogens with zero attached hydrogens (tertiary/aromatic N) is 4. The van der Waals surface area contributed by atoms with E-state index >= 15 is 0 Å². The van der Waals surface area contributed by atoms with Gasteiger partial charge >= 0.3 is 5.97 Å². The van der Waals surface area contributed by atoms with Crippen LogP contribution in [0.1, 0.15) is 38.8 Å². The van der Waals surface area contributed by atoms with Crippen molar-refractivity contribution in [2.75, 3.05) is 6.61 Å². The molecular formula is C36H32N4O5. The lowest BCUT2D eigenvalue weighted by atomic mass is 10.2. The van der Waals surface area contributed by atoms with Crippen molar-refractivity contribution in [1.29, 1.82) is 0 Å². The van der Waals surface area contributed by atoms with Crippen LogP contribution >= 0.6 is 0 Å². The molecule has 0 atom stereocenters. The standard InChI is InChI=1S/C19H18N2O3.C17H14N2O2/c1-2-23-19(22)17-13-21(16-11-7-4-8-12-16)20-18(17)24-14-15-9-5-3-6-10-15;20-12-15-11-19(16-9-5-2-6-10-16)18-17(15)21-13-14-7-3-1-4-8-14/h3-13H,2,14H2,1H3;1-12H,13H2. The number of hydrogen-bond acceptors (Lipinski definition) is 7. The van der Waals surface area contributed by atoms with E-state index < -0.39 is 5.97 Å². The summed E-state index contributed by atoms with van der Waals surface area (Å²) in [6, 6.07) is 38.7. The second-order valence-electron chi connectivity index (χ2n) is 9.68. The summed E-state index contributed by atoms with van der Waals surface area (Å²) in [7, 11) is 0. The number of hydrogen-bond donors (Lipinski definition) is 0. The van der Waals surface area contributed by atoms with Crippen molar-refractivity contribution in [3.63, 3.8) is 0 Å². The highest BCUT2D eigenvalue weighted by Crippen LogP contribution is 2.22. The summed E-state index contributed by atoms with van der Waals surface area (Å²) >= 11 is 0. The molecule has 6 aromatic rings. The summed E-state index contributed by atoms with van der Waals surface area (Å²) in [5.41, 5.74) is 4.52. The van der Waals surface area contributed by atoms with Crippen LogP contribution in [-0.4, -0.2) is 38.4 Å². The van der Waals surface area contributed by atoms with Crippen molar-refractivity contribution in [3.05, 3.63) is 156 Å². The smallest absolute Gasteiger partial charge is 0.345 e. The van der Waals surface area contributed by atoms with E-state index in [9.17, 15) is 9.59 Å². The number of para-hydroxylation sites is 2. The monoisotopic (exact) mass is 600 g/mol. The minimum atomic E-state index is -0.442. The Hall–Kier alpha value is -5.96. The van der Waals surface area contributed by atoms with Crippen LogP contribution in [0.5, 0.6) is 11.8 Å². The lowest BCUT2D eigenvalue weighted by Gasteiger charge is -2.05.